The largest absolute Gasteiger partial charge is 0.287 e. The van der Waals surface area contributed by atoms with Crippen LogP contribution in [0.3, 0.4) is 0 Å². The van der Waals surface area contributed by atoms with Crippen molar-refractivity contribution in [2.75, 3.05) is 0 Å². The molecule has 0 aliphatic heterocycles. The third-order valence-electron chi connectivity index (χ3n) is 4.12. The Morgan fingerprint density at radius 2 is 1.05 bits per heavy atom. The molecule has 2 aromatic carbocycles. The van der Waals surface area contributed by atoms with Crippen LogP contribution in [0.4, 0.5) is 0 Å². The van der Waals surface area contributed by atoms with Crippen LogP contribution in [0.15, 0.2) is 70.6 Å². The number of rotatable bonds is 4. The number of hydrogen-bond donors (Lipinski definition) is 0. The molecule has 0 amide bonds. The van der Waals surface area contributed by atoms with Crippen LogP contribution < -0.4 is 0 Å². The van der Waals surface area contributed by atoms with Gasteiger partial charge in [-0.05, 0) is 24.0 Å². The quantitative estimate of drug-likeness (QED) is 0.739. The highest BCUT2D eigenvalue weighted by Crippen LogP contribution is 2.24. The van der Waals surface area contributed by atoms with Gasteiger partial charge in [-0.15, -0.1) is 0 Å². The molecule has 2 nitrogen and oxygen atoms in total. The van der Waals surface area contributed by atoms with E-state index in [9.17, 15) is 0 Å². The fraction of sp³-hybridized carbons (Fsp3) is 0.300. The molecule has 1 fully saturated rings. The molecule has 3 rings (SSSR count). The monoisotopic (exact) mass is 290 g/mol. The van der Waals surface area contributed by atoms with Crippen molar-refractivity contribution in [3.05, 3.63) is 71.8 Å². The number of benzene rings is 2. The van der Waals surface area contributed by atoms with E-state index in [0.717, 1.165) is 12.8 Å². The highest BCUT2D eigenvalue weighted by Gasteiger charge is 2.22. The first-order valence-electron chi connectivity index (χ1n) is 8.08. The molecule has 1 aliphatic rings. The van der Waals surface area contributed by atoms with Gasteiger partial charge in [0.05, 0.1) is 12.1 Å². The highest BCUT2D eigenvalue weighted by atomic mass is 14.9. The number of aliphatic imine (C=N–C) groups is 2. The maximum Gasteiger partial charge on any atom is 0.0723 e. The van der Waals surface area contributed by atoms with E-state index in [1.165, 1.54) is 24.0 Å². The summed E-state index contributed by atoms with van der Waals surface area (Å²) in [6.07, 6.45) is 8.80. The van der Waals surface area contributed by atoms with E-state index in [2.05, 4.69) is 24.3 Å². The smallest absolute Gasteiger partial charge is 0.0723 e. The van der Waals surface area contributed by atoms with Crippen LogP contribution >= 0.6 is 0 Å². The van der Waals surface area contributed by atoms with Crippen LogP contribution in [0.5, 0.6) is 0 Å². The van der Waals surface area contributed by atoms with E-state index in [1.54, 1.807) is 0 Å². The second-order valence-electron chi connectivity index (χ2n) is 5.80. The summed E-state index contributed by atoms with van der Waals surface area (Å²) >= 11 is 0. The zero-order valence-electron chi connectivity index (χ0n) is 12.8. The van der Waals surface area contributed by atoms with Gasteiger partial charge in [-0.2, -0.15) is 0 Å². The fourth-order valence-corrected chi connectivity index (χ4v) is 2.88. The standard InChI is InChI=1S/C20H22N2/c1-3-9-17(10-4-1)15-21-19-13-7-8-14-20(19)22-16-18-11-5-2-6-12-18/h1-6,9-12,15-16,19-20H,7-8,13-14H2/b21-15+,22-16+/t19-,20-/m0/s1. The Bertz CT molecular complexity index is 559. The lowest BCUT2D eigenvalue weighted by Gasteiger charge is -2.25. The van der Waals surface area contributed by atoms with Crippen LogP contribution in [0, 0.1) is 0 Å². The molecule has 112 valence electrons. The average molecular weight is 290 g/mol. The topological polar surface area (TPSA) is 24.7 Å². The summed E-state index contributed by atoms with van der Waals surface area (Å²) < 4.78 is 0. The average Bonchev–Trinajstić information content (AvgIpc) is 2.61. The van der Waals surface area contributed by atoms with Crippen LogP contribution in [-0.4, -0.2) is 24.5 Å². The van der Waals surface area contributed by atoms with Crippen molar-refractivity contribution < 1.29 is 0 Å². The molecule has 0 heterocycles. The second kappa shape index (κ2) is 7.69. The van der Waals surface area contributed by atoms with Crippen molar-refractivity contribution in [3.8, 4) is 0 Å². The fourth-order valence-electron chi connectivity index (χ4n) is 2.88. The van der Waals surface area contributed by atoms with Gasteiger partial charge in [-0.25, -0.2) is 0 Å². The second-order valence-corrected chi connectivity index (χ2v) is 5.80. The van der Waals surface area contributed by atoms with Gasteiger partial charge in [0.25, 0.3) is 0 Å². The molecule has 0 aromatic heterocycles. The van der Waals surface area contributed by atoms with Gasteiger partial charge in [0.2, 0.25) is 0 Å². The lowest BCUT2D eigenvalue weighted by molar-refractivity contribution is 0.390. The summed E-state index contributed by atoms with van der Waals surface area (Å²) in [4.78, 5) is 9.62. The van der Waals surface area contributed by atoms with Gasteiger partial charge in [0, 0.05) is 12.4 Å². The first-order valence-corrected chi connectivity index (χ1v) is 8.08. The third-order valence-corrected chi connectivity index (χ3v) is 4.12. The molecule has 0 spiro atoms. The van der Waals surface area contributed by atoms with Crippen molar-refractivity contribution in [2.24, 2.45) is 9.98 Å². The van der Waals surface area contributed by atoms with Gasteiger partial charge in [0.15, 0.2) is 0 Å². The van der Waals surface area contributed by atoms with E-state index in [0.29, 0.717) is 12.1 Å². The molecule has 2 aromatic rings. The Morgan fingerprint density at radius 3 is 1.45 bits per heavy atom. The predicted octanol–water partition coefficient (Wildman–Crippen LogP) is 4.54. The molecule has 1 saturated carbocycles. The minimum absolute atomic E-state index is 0.314. The first kappa shape index (κ1) is 14.7. The van der Waals surface area contributed by atoms with E-state index < -0.39 is 0 Å². The summed E-state index contributed by atoms with van der Waals surface area (Å²) in [6.45, 7) is 0. The highest BCUT2D eigenvalue weighted by molar-refractivity contribution is 5.80. The Labute approximate surface area is 132 Å². The predicted molar refractivity (Wildman–Crippen MR) is 94.1 cm³/mol. The van der Waals surface area contributed by atoms with Crippen molar-refractivity contribution in [1.82, 2.24) is 0 Å². The van der Waals surface area contributed by atoms with Gasteiger partial charge in [0.1, 0.15) is 0 Å². The SMILES string of the molecule is C(=N\[C@H]1CCCC[C@@H]1/N=C/c1ccccc1)/c1ccccc1. The van der Waals surface area contributed by atoms with Crippen LogP contribution in [-0.2, 0) is 0 Å². The summed E-state index contributed by atoms with van der Waals surface area (Å²) in [6, 6.07) is 21.3. The van der Waals surface area contributed by atoms with Crippen LogP contribution in [0.1, 0.15) is 36.8 Å². The molecule has 0 saturated heterocycles. The normalized spacial score (nSPS) is 22.4. The van der Waals surface area contributed by atoms with Crippen molar-refractivity contribution in [1.29, 1.82) is 0 Å². The zero-order valence-corrected chi connectivity index (χ0v) is 12.8. The molecule has 22 heavy (non-hydrogen) atoms. The van der Waals surface area contributed by atoms with Gasteiger partial charge in [-0.3, -0.25) is 9.98 Å². The van der Waals surface area contributed by atoms with Crippen LogP contribution in [0.25, 0.3) is 0 Å². The van der Waals surface area contributed by atoms with E-state index in [4.69, 9.17) is 9.98 Å². The van der Waals surface area contributed by atoms with Crippen molar-refractivity contribution >= 4 is 12.4 Å². The molecule has 0 unspecified atom stereocenters. The molecule has 1 aliphatic carbocycles. The van der Waals surface area contributed by atoms with Crippen molar-refractivity contribution in [2.45, 2.75) is 37.8 Å². The third kappa shape index (κ3) is 4.14. The maximum atomic E-state index is 4.81. The Hall–Kier alpha value is -2.22. The molecule has 2 heteroatoms. The Morgan fingerprint density at radius 1 is 0.636 bits per heavy atom. The molecule has 0 N–H and O–H groups in total. The van der Waals surface area contributed by atoms with Gasteiger partial charge in [-0.1, -0.05) is 73.5 Å². The zero-order chi connectivity index (χ0) is 15.0. The van der Waals surface area contributed by atoms with E-state index in [-0.39, 0.29) is 0 Å². The number of nitrogens with zero attached hydrogens (tertiary/aromatic N) is 2. The van der Waals surface area contributed by atoms with Gasteiger partial charge < -0.3 is 0 Å². The summed E-state index contributed by atoms with van der Waals surface area (Å²) in [7, 11) is 0. The maximum absolute atomic E-state index is 4.81. The summed E-state index contributed by atoms with van der Waals surface area (Å²) in [5, 5.41) is 0. The van der Waals surface area contributed by atoms with E-state index >= 15 is 0 Å². The number of hydrogen-bond acceptors (Lipinski definition) is 2. The molecule has 0 radical (unpaired) electrons. The summed E-state index contributed by atoms with van der Waals surface area (Å²) in [5.41, 5.74) is 2.33. The molecular weight excluding hydrogens is 268 g/mol. The molecular formula is C20H22N2. The molecule has 0 bridgehead atoms. The first-order chi connectivity index (χ1) is 10.9. The lowest BCUT2D eigenvalue weighted by Crippen LogP contribution is -2.27. The van der Waals surface area contributed by atoms with E-state index in [1.807, 2.05) is 48.8 Å². The van der Waals surface area contributed by atoms with Crippen LogP contribution in [0.2, 0.25) is 0 Å². The lowest BCUT2D eigenvalue weighted by atomic mass is 9.91. The molecule has 2 atom stereocenters. The Balaban J connectivity index is 1.69. The minimum Gasteiger partial charge on any atom is -0.287 e. The minimum atomic E-state index is 0.314. The Kier molecular flexibility index (Phi) is 5.14. The summed E-state index contributed by atoms with van der Waals surface area (Å²) in [5.74, 6) is 0. The van der Waals surface area contributed by atoms with Gasteiger partial charge >= 0.3 is 0 Å². The van der Waals surface area contributed by atoms with Crippen molar-refractivity contribution in [3.63, 3.8) is 0 Å².